The molecule has 3 fully saturated rings. The lowest BCUT2D eigenvalue weighted by atomic mass is 9.72. The minimum Gasteiger partial charge on any atom is -0.448 e. The lowest BCUT2D eigenvalue weighted by Crippen LogP contribution is -2.60. The highest BCUT2D eigenvalue weighted by atomic mass is 16.6. The Labute approximate surface area is 196 Å². The Hall–Kier alpha value is -2.33. The Bertz CT molecular complexity index is 968. The zero-order chi connectivity index (χ0) is 22.4. The summed E-state index contributed by atoms with van der Waals surface area (Å²) in [6, 6.07) is 17.2. The van der Waals surface area contributed by atoms with Gasteiger partial charge >= 0.3 is 6.09 Å². The van der Waals surface area contributed by atoms with Gasteiger partial charge in [-0.25, -0.2) is 4.79 Å². The van der Waals surface area contributed by atoms with E-state index in [4.69, 9.17) is 4.74 Å². The molecule has 2 aromatic carbocycles. The van der Waals surface area contributed by atoms with Gasteiger partial charge in [0.2, 0.25) is 0 Å². The summed E-state index contributed by atoms with van der Waals surface area (Å²) in [7, 11) is 0. The molecule has 4 heteroatoms. The number of amides is 1. The van der Waals surface area contributed by atoms with Crippen LogP contribution >= 0.6 is 0 Å². The third-order valence-corrected chi connectivity index (χ3v) is 8.78. The van der Waals surface area contributed by atoms with Crippen molar-refractivity contribution in [2.45, 2.75) is 87.8 Å². The van der Waals surface area contributed by atoms with Crippen LogP contribution in [0.2, 0.25) is 0 Å². The van der Waals surface area contributed by atoms with Gasteiger partial charge < -0.3 is 14.7 Å². The number of carbonyl (C=O) groups is 1. The van der Waals surface area contributed by atoms with E-state index in [9.17, 15) is 9.90 Å². The molecule has 2 aliphatic carbocycles. The van der Waals surface area contributed by atoms with Gasteiger partial charge in [-0.3, -0.25) is 0 Å². The molecule has 174 valence electrons. The summed E-state index contributed by atoms with van der Waals surface area (Å²) in [5.74, 6) is 0.752. The van der Waals surface area contributed by atoms with Crippen LogP contribution in [0, 0.1) is 5.92 Å². The van der Waals surface area contributed by atoms with Gasteiger partial charge in [0.25, 0.3) is 0 Å². The van der Waals surface area contributed by atoms with E-state index in [0.717, 1.165) is 25.7 Å². The highest BCUT2D eigenvalue weighted by Gasteiger charge is 2.48. The maximum atomic E-state index is 13.4. The van der Waals surface area contributed by atoms with Gasteiger partial charge in [0.05, 0.1) is 5.60 Å². The number of fused-ring (bicyclic) bond motifs is 5. The first kappa shape index (κ1) is 21.2. The number of hydrogen-bond donors (Lipinski definition) is 1. The molecule has 2 aliphatic heterocycles. The Morgan fingerprint density at radius 3 is 2.06 bits per heavy atom. The first-order valence-corrected chi connectivity index (χ1v) is 13.0. The zero-order valence-electron chi connectivity index (χ0n) is 19.4. The van der Waals surface area contributed by atoms with E-state index in [2.05, 4.69) is 48.5 Å². The summed E-state index contributed by atoms with van der Waals surface area (Å²) in [6.07, 6.45) is 10.4. The van der Waals surface area contributed by atoms with Gasteiger partial charge in [0, 0.05) is 18.0 Å². The monoisotopic (exact) mass is 445 g/mol. The number of ether oxygens (including phenoxy) is 1. The van der Waals surface area contributed by atoms with Crippen molar-refractivity contribution in [3.63, 3.8) is 0 Å². The molecule has 2 aromatic rings. The average Bonchev–Trinajstić information content (AvgIpc) is 3.42. The van der Waals surface area contributed by atoms with E-state index in [1.165, 1.54) is 47.9 Å². The van der Waals surface area contributed by atoms with E-state index >= 15 is 0 Å². The summed E-state index contributed by atoms with van der Waals surface area (Å²) in [5, 5.41) is 11.5. The smallest absolute Gasteiger partial charge is 0.410 e. The molecule has 0 radical (unpaired) electrons. The van der Waals surface area contributed by atoms with Gasteiger partial charge in [-0.05, 0) is 66.7 Å². The Kier molecular flexibility index (Phi) is 5.44. The molecule has 2 heterocycles. The molecule has 0 spiro atoms. The molecule has 2 atom stereocenters. The Balaban J connectivity index is 1.16. The van der Waals surface area contributed by atoms with Gasteiger partial charge in [-0.15, -0.1) is 0 Å². The predicted molar refractivity (Wildman–Crippen MR) is 129 cm³/mol. The summed E-state index contributed by atoms with van der Waals surface area (Å²) in [6.45, 7) is 0.370. The van der Waals surface area contributed by atoms with Crippen LogP contribution in [0.1, 0.15) is 81.3 Å². The van der Waals surface area contributed by atoms with Crippen LogP contribution in [0.25, 0.3) is 11.1 Å². The van der Waals surface area contributed by atoms with Crippen LogP contribution in [0.5, 0.6) is 0 Å². The molecule has 0 aromatic heterocycles. The molecule has 4 nitrogen and oxygen atoms in total. The highest BCUT2D eigenvalue weighted by molar-refractivity contribution is 5.79. The number of carbonyl (C=O) groups excluding carboxylic acids is 1. The first-order chi connectivity index (χ1) is 16.1. The molecule has 1 N–H and O–H groups in total. The average molecular weight is 446 g/mol. The Morgan fingerprint density at radius 1 is 0.879 bits per heavy atom. The quantitative estimate of drug-likeness (QED) is 0.604. The number of aliphatic hydroxyl groups is 1. The van der Waals surface area contributed by atoms with E-state index in [-0.39, 0.29) is 24.1 Å². The number of benzene rings is 2. The molecule has 2 bridgehead atoms. The fraction of sp³-hybridized carbons (Fsp3) is 0.552. The molecule has 6 rings (SSSR count). The van der Waals surface area contributed by atoms with E-state index < -0.39 is 5.60 Å². The molecule has 4 aliphatic rings. The molecule has 33 heavy (non-hydrogen) atoms. The number of rotatable bonds is 4. The van der Waals surface area contributed by atoms with Crippen molar-refractivity contribution in [1.82, 2.24) is 4.90 Å². The van der Waals surface area contributed by atoms with Crippen LogP contribution in [-0.4, -0.2) is 40.4 Å². The highest BCUT2D eigenvalue weighted by Crippen LogP contribution is 2.46. The minimum absolute atomic E-state index is 0.0882. The van der Waals surface area contributed by atoms with Crippen molar-refractivity contribution in [3.05, 3.63) is 59.7 Å². The molecular formula is C29H35NO3. The SMILES string of the molecule is O=C(OCC1c2ccccc2-c2ccccc21)N1C2CCCC1CC(O)(CC1CCCC1)C2. The van der Waals surface area contributed by atoms with Crippen LogP contribution < -0.4 is 0 Å². The predicted octanol–water partition coefficient (Wildman–Crippen LogP) is 6.26. The normalized spacial score (nSPS) is 29.1. The second-order valence-electron chi connectivity index (χ2n) is 10.9. The van der Waals surface area contributed by atoms with Crippen molar-refractivity contribution >= 4 is 6.09 Å². The number of nitrogens with zero attached hydrogens (tertiary/aromatic N) is 1. The minimum atomic E-state index is -0.606. The van der Waals surface area contributed by atoms with E-state index in [1.54, 1.807) is 0 Å². The topological polar surface area (TPSA) is 49.8 Å². The van der Waals surface area contributed by atoms with Crippen LogP contribution in [0.15, 0.2) is 48.5 Å². The van der Waals surface area contributed by atoms with Gasteiger partial charge in [-0.1, -0.05) is 74.2 Å². The van der Waals surface area contributed by atoms with Crippen LogP contribution in [0.3, 0.4) is 0 Å². The molecule has 1 amide bonds. The first-order valence-electron chi connectivity index (χ1n) is 13.0. The van der Waals surface area contributed by atoms with Crippen molar-refractivity contribution in [2.24, 2.45) is 5.92 Å². The summed E-state index contributed by atoms with van der Waals surface area (Å²) in [4.78, 5) is 15.4. The number of piperidine rings is 2. The van der Waals surface area contributed by atoms with Crippen molar-refractivity contribution < 1.29 is 14.6 Å². The number of hydrogen-bond acceptors (Lipinski definition) is 3. The summed E-state index contributed by atoms with van der Waals surface area (Å²) in [5.41, 5.74) is 4.39. The lowest BCUT2D eigenvalue weighted by molar-refractivity contribution is -0.0950. The van der Waals surface area contributed by atoms with E-state index in [0.29, 0.717) is 25.4 Å². The maximum absolute atomic E-state index is 13.4. The second-order valence-corrected chi connectivity index (χ2v) is 10.9. The second kappa shape index (κ2) is 8.47. The van der Waals surface area contributed by atoms with Crippen molar-refractivity contribution in [2.75, 3.05) is 6.61 Å². The fourth-order valence-corrected chi connectivity index (χ4v) is 7.41. The van der Waals surface area contributed by atoms with Gasteiger partial charge in [0.15, 0.2) is 0 Å². The lowest BCUT2D eigenvalue weighted by Gasteiger charge is -2.52. The van der Waals surface area contributed by atoms with Crippen molar-refractivity contribution in [3.8, 4) is 11.1 Å². The Morgan fingerprint density at radius 2 is 1.45 bits per heavy atom. The van der Waals surface area contributed by atoms with Gasteiger partial charge in [-0.2, -0.15) is 0 Å². The molecule has 1 saturated carbocycles. The largest absolute Gasteiger partial charge is 0.448 e. The molecule has 2 unspecified atom stereocenters. The summed E-state index contributed by atoms with van der Waals surface area (Å²) >= 11 is 0. The van der Waals surface area contributed by atoms with E-state index in [1.807, 2.05) is 4.90 Å². The molecular weight excluding hydrogens is 410 g/mol. The standard InChI is InChI=1S/C29H35NO3/c31-28(33-19-27-25-14-5-3-12-23(25)24-13-4-6-15-26(24)27)30-21-10-7-11-22(30)18-29(32,17-21)16-20-8-1-2-9-20/h3-6,12-15,20-22,27,32H,1-2,7-11,16-19H2. The maximum Gasteiger partial charge on any atom is 0.410 e. The third-order valence-electron chi connectivity index (χ3n) is 8.78. The van der Waals surface area contributed by atoms with Crippen molar-refractivity contribution in [1.29, 1.82) is 0 Å². The zero-order valence-corrected chi connectivity index (χ0v) is 19.4. The third kappa shape index (κ3) is 3.86. The van der Waals surface area contributed by atoms with Crippen LogP contribution in [-0.2, 0) is 4.74 Å². The molecule has 2 saturated heterocycles. The fourth-order valence-electron chi connectivity index (χ4n) is 7.41. The van der Waals surface area contributed by atoms with Crippen LogP contribution in [0.4, 0.5) is 4.79 Å². The van der Waals surface area contributed by atoms with Gasteiger partial charge in [0.1, 0.15) is 6.61 Å². The summed E-state index contributed by atoms with van der Waals surface area (Å²) < 4.78 is 6.02.